The van der Waals surface area contributed by atoms with Crippen molar-refractivity contribution in [3.8, 4) is 0 Å². The third-order valence-corrected chi connectivity index (χ3v) is 4.50. The molecule has 18 heavy (non-hydrogen) atoms. The molecule has 0 spiro atoms. The van der Waals surface area contributed by atoms with Crippen LogP contribution in [-0.4, -0.2) is 13.2 Å². The molecule has 0 unspecified atom stereocenters. The van der Waals surface area contributed by atoms with E-state index in [9.17, 15) is 13.3 Å². The molecule has 0 bridgehead atoms. The summed E-state index contributed by atoms with van der Waals surface area (Å²) in [5, 5.41) is -0.0493. The molecular weight excluding hydrogens is 261 g/mol. The van der Waals surface area contributed by atoms with E-state index in [4.69, 9.17) is 9.05 Å². The van der Waals surface area contributed by atoms with Crippen LogP contribution in [0.4, 0.5) is 8.78 Å². The van der Waals surface area contributed by atoms with Crippen molar-refractivity contribution in [1.82, 2.24) is 0 Å². The number of aryl methyl sites for hydroxylation is 1. The van der Waals surface area contributed by atoms with Gasteiger partial charge in [-0.1, -0.05) is 11.6 Å². The predicted molar refractivity (Wildman–Crippen MR) is 66.6 cm³/mol. The minimum Gasteiger partial charge on any atom is -0.305 e. The van der Waals surface area contributed by atoms with Crippen LogP contribution in [0.15, 0.2) is 18.2 Å². The van der Waals surface area contributed by atoms with Crippen LogP contribution in [0.5, 0.6) is 0 Å². The van der Waals surface area contributed by atoms with Gasteiger partial charge in [-0.05, 0) is 32.9 Å². The lowest BCUT2D eigenvalue weighted by molar-refractivity contribution is 0.151. The quantitative estimate of drug-likeness (QED) is 0.742. The van der Waals surface area contributed by atoms with Gasteiger partial charge in [-0.25, -0.2) is 8.78 Å². The smallest absolute Gasteiger partial charge is 0.305 e. The highest BCUT2D eigenvalue weighted by molar-refractivity contribution is 7.62. The Hall–Kier alpha value is -0.770. The molecule has 3 nitrogen and oxygen atoms in total. The second-order valence-corrected chi connectivity index (χ2v) is 5.69. The van der Waals surface area contributed by atoms with Gasteiger partial charge in [0.25, 0.3) is 6.43 Å². The minimum atomic E-state index is -3.66. The molecule has 102 valence electrons. The second-order valence-electron chi connectivity index (χ2n) is 3.70. The van der Waals surface area contributed by atoms with Gasteiger partial charge in [0.1, 0.15) is 0 Å². The van der Waals surface area contributed by atoms with E-state index in [1.807, 2.05) is 0 Å². The Morgan fingerprint density at radius 2 is 1.78 bits per heavy atom. The van der Waals surface area contributed by atoms with Crippen LogP contribution in [0.1, 0.15) is 31.4 Å². The zero-order valence-corrected chi connectivity index (χ0v) is 11.5. The van der Waals surface area contributed by atoms with Crippen molar-refractivity contribution in [2.75, 3.05) is 13.2 Å². The summed E-state index contributed by atoms with van der Waals surface area (Å²) in [6, 6.07) is 4.32. The van der Waals surface area contributed by atoms with Gasteiger partial charge in [-0.2, -0.15) is 0 Å². The van der Waals surface area contributed by atoms with Crippen LogP contribution in [0.3, 0.4) is 0 Å². The number of hydrogen-bond donors (Lipinski definition) is 0. The Balaban J connectivity index is 3.32. The maximum atomic E-state index is 13.0. The molecule has 0 aromatic heterocycles. The Morgan fingerprint density at radius 1 is 1.22 bits per heavy atom. The number of halogens is 2. The first-order chi connectivity index (χ1) is 8.44. The first-order valence-electron chi connectivity index (χ1n) is 5.73. The van der Waals surface area contributed by atoms with E-state index in [-0.39, 0.29) is 24.1 Å². The van der Waals surface area contributed by atoms with Crippen molar-refractivity contribution in [2.24, 2.45) is 0 Å². The van der Waals surface area contributed by atoms with Gasteiger partial charge in [-0.15, -0.1) is 0 Å². The van der Waals surface area contributed by atoms with E-state index < -0.39 is 14.0 Å². The highest BCUT2D eigenvalue weighted by atomic mass is 31.2. The van der Waals surface area contributed by atoms with Crippen LogP contribution in [0.2, 0.25) is 0 Å². The molecule has 0 N–H and O–H groups in total. The second kappa shape index (κ2) is 6.41. The fourth-order valence-electron chi connectivity index (χ4n) is 1.61. The van der Waals surface area contributed by atoms with Crippen LogP contribution < -0.4 is 5.30 Å². The van der Waals surface area contributed by atoms with Gasteiger partial charge in [0.15, 0.2) is 0 Å². The van der Waals surface area contributed by atoms with Crippen molar-refractivity contribution < 1.29 is 22.4 Å². The zero-order valence-electron chi connectivity index (χ0n) is 10.7. The molecule has 0 saturated heterocycles. The average Bonchev–Trinajstić information content (AvgIpc) is 2.29. The summed E-state index contributed by atoms with van der Waals surface area (Å²) in [7, 11) is -3.66. The molecule has 0 aliphatic rings. The number of hydrogen-bond acceptors (Lipinski definition) is 3. The summed E-state index contributed by atoms with van der Waals surface area (Å²) in [5.41, 5.74) is 0.383. The standard InChI is InChI=1S/C12H17F2O3P/c1-4-16-18(15,17-5-2)11-7-6-9(3)8-10(11)12(13)14/h6-8,12H,4-5H2,1-3H3. The van der Waals surface area contributed by atoms with Crippen molar-refractivity contribution in [2.45, 2.75) is 27.2 Å². The highest BCUT2D eigenvalue weighted by Crippen LogP contribution is 2.48. The minimum absolute atomic E-state index is 0.0493. The fraction of sp³-hybridized carbons (Fsp3) is 0.500. The third kappa shape index (κ3) is 3.37. The predicted octanol–water partition coefficient (Wildman–Crippen LogP) is 3.82. The summed E-state index contributed by atoms with van der Waals surface area (Å²) in [5.74, 6) is 0. The summed E-state index contributed by atoms with van der Waals surface area (Å²) in [6.07, 6.45) is -2.71. The number of rotatable bonds is 6. The Kier molecular flexibility index (Phi) is 5.45. The van der Waals surface area contributed by atoms with Gasteiger partial charge in [0, 0.05) is 5.56 Å². The normalized spacial score (nSPS) is 12.1. The van der Waals surface area contributed by atoms with Crippen molar-refractivity contribution >= 4 is 12.9 Å². The van der Waals surface area contributed by atoms with E-state index >= 15 is 0 Å². The maximum absolute atomic E-state index is 13.0. The molecule has 0 aliphatic heterocycles. The molecule has 0 fully saturated rings. The number of benzene rings is 1. The monoisotopic (exact) mass is 278 g/mol. The molecule has 1 rings (SSSR count). The summed E-state index contributed by atoms with van der Waals surface area (Å²) >= 11 is 0. The van der Waals surface area contributed by atoms with Gasteiger partial charge in [-0.3, -0.25) is 4.57 Å². The van der Waals surface area contributed by atoms with Crippen LogP contribution in [-0.2, 0) is 13.6 Å². The van der Waals surface area contributed by atoms with Crippen molar-refractivity contribution in [3.05, 3.63) is 29.3 Å². The Labute approximate surface area is 106 Å². The topological polar surface area (TPSA) is 35.5 Å². The van der Waals surface area contributed by atoms with Crippen molar-refractivity contribution in [3.63, 3.8) is 0 Å². The number of alkyl halides is 2. The van der Waals surface area contributed by atoms with Gasteiger partial charge in [0.2, 0.25) is 0 Å². The highest BCUT2D eigenvalue weighted by Gasteiger charge is 2.32. The van der Waals surface area contributed by atoms with Gasteiger partial charge < -0.3 is 9.05 Å². The Bertz CT molecular complexity index is 439. The average molecular weight is 278 g/mol. The lowest BCUT2D eigenvalue weighted by atomic mass is 10.1. The molecule has 0 radical (unpaired) electrons. The summed E-state index contributed by atoms with van der Waals surface area (Å²) in [4.78, 5) is 0. The molecule has 0 amide bonds. The molecule has 0 saturated carbocycles. The van der Waals surface area contributed by atoms with E-state index in [0.717, 1.165) is 0 Å². The third-order valence-electron chi connectivity index (χ3n) is 2.31. The molecule has 6 heteroatoms. The van der Waals surface area contributed by atoms with Gasteiger partial charge >= 0.3 is 7.60 Å². The SMILES string of the molecule is CCOP(=O)(OCC)c1ccc(C)cc1C(F)F. The van der Waals surface area contributed by atoms with E-state index in [1.54, 1.807) is 26.8 Å². The lowest BCUT2D eigenvalue weighted by Crippen LogP contribution is -2.16. The first-order valence-corrected chi connectivity index (χ1v) is 7.27. The molecule has 1 aromatic rings. The lowest BCUT2D eigenvalue weighted by Gasteiger charge is -2.20. The van der Waals surface area contributed by atoms with E-state index in [1.165, 1.54) is 12.1 Å². The van der Waals surface area contributed by atoms with E-state index in [2.05, 4.69) is 0 Å². The van der Waals surface area contributed by atoms with Gasteiger partial charge in [0.05, 0.1) is 18.5 Å². The fourth-order valence-corrected chi connectivity index (χ4v) is 3.38. The molecular formula is C12H17F2O3P. The molecule has 0 heterocycles. The molecule has 1 aromatic carbocycles. The molecule has 0 atom stereocenters. The van der Waals surface area contributed by atoms with Crippen LogP contribution >= 0.6 is 7.60 Å². The zero-order chi connectivity index (χ0) is 13.8. The van der Waals surface area contributed by atoms with E-state index in [0.29, 0.717) is 5.56 Å². The summed E-state index contributed by atoms with van der Waals surface area (Å²) < 4.78 is 48.6. The molecule has 0 aliphatic carbocycles. The van der Waals surface area contributed by atoms with Crippen molar-refractivity contribution in [1.29, 1.82) is 0 Å². The van der Waals surface area contributed by atoms with Crippen LogP contribution in [0.25, 0.3) is 0 Å². The first kappa shape index (κ1) is 15.3. The maximum Gasteiger partial charge on any atom is 0.361 e. The van der Waals surface area contributed by atoms with Crippen LogP contribution in [0, 0.1) is 6.92 Å². The summed E-state index contributed by atoms with van der Waals surface area (Å²) in [6.45, 7) is 5.24. The Morgan fingerprint density at radius 3 is 2.22 bits per heavy atom. The largest absolute Gasteiger partial charge is 0.361 e.